The van der Waals surface area contributed by atoms with Crippen molar-refractivity contribution in [2.45, 2.75) is 64.1 Å². The van der Waals surface area contributed by atoms with Gasteiger partial charge < -0.3 is 19.8 Å². The van der Waals surface area contributed by atoms with E-state index in [1.54, 1.807) is 29.2 Å². The molecule has 0 aliphatic heterocycles. The predicted molar refractivity (Wildman–Crippen MR) is 108 cm³/mol. The van der Waals surface area contributed by atoms with Gasteiger partial charge in [-0.05, 0) is 45.7 Å². The van der Waals surface area contributed by atoms with E-state index >= 15 is 0 Å². The third-order valence-corrected chi connectivity index (χ3v) is 4.91. The smallest absolute Gasteiger partial charge is 0.407 e. The van der Waals surface area contributed by atoms with Gasteiger partial charge in [-0.1, -0.05) is 24.4 Å². The van der Waals surface area contributed by atoms with Crippen LogP contribution >= 0.6 is 11.6 Å². The number of halogens is 1. The SMILES string of the molecule is CC(C)(C)OC(=O)NCC1(NC(=O)c2ccc(Cn3cc(Cl)cn3)o2)CCCC1. The van der Waals surface area contributed by atoms with Crippen LogP contribution in [0.4, 0.5) is 4.79 Å². The van der Waals surface area contributed by atoms with Crippen LogP contribution in [0.2, 0.25) is 5.02 Å². The number of rotatable bonds is 6. The molecular weight excluding hydrogens is 396 g/mol. The molecular formula is C20H27ClN4O4. The third-order valence-electron chi connectivity index (χ3n) is 4.71. The highest BCUT2D eigenvalue weighted by molar-refractivity contribution is 6.30. The lowest BCUT2D eigenvalue weighted by Gasteiger charge is -2.31. The zero-order valence-corrected chi connectivity index (χ0v) is 17.7. The molecule has 0 atom stereocenters. The van der Waals surface area contributed by atoms with E-state index in [0.717, 1.165) is 25.7 Å². The molecule has 2 aromatic rings. The fourth-order valence-corrected chi connectivity index (χ4v) is 3.58. The average molecular weight is 423 g/mol. The van der Waals surface area contributed by atoms with Crippen molar-refractivity contribution in [1.29, 1.82) is 0 Å². The standard InChI is InChI=1S/C20H27ClN4O4/c1-19(2,3)29-18(27)22-13-20(8-4-5-9-20)24-17(26)16-7-6-15(28-16)12-25-11-14(21)10-23-25/h6-7,10-11H,4-5,8-9,12-13H2,1-3H3,(H,22,27)(H,24,26). The molecule has 2 amide bonds. The molecule has 9 heteroatoms. The van der Waals surface area contributed by atoms with Crippen LogP contribution < -0.4 is 10.6 Å². The number of hydrogen-bond donors (Lipinski definition) is 2. The topological polar surface area (TPSA) is 98.4 Å². The molecule has 29 heavy (non-hydrogen) atoms. The van der Waals surface area contributed by atoms with E-state index in [9.17, 15) is 9.59 Å². The Morgan fingerprint density at radius 1 is 1.31 bits per heavy atom. The summed E-state index contributed by atoms with van der Waals surface area (Å²) in [6, 6.07) is 3.38. The number of furan rings is 1. The van der Waals surface area contributed by atoms with Gasteiger partial charge in [0.2, 0.25) is 0 Å². The van der Waals surface area contributed by atoms with Crippen molar-refractivity contribution in [2.75, 3.05) is 6.54 Å². The summed E-state index contributed by atoms with van der Waals surface area (Å²) in [5.41, 5.74) is -1.07. The highest BCUT2D eigenvalue weighted by atomic mass is 35.5. The van der Waals surface area contributed by atoms with Crippen LogP contribution in [0.3, 0.4) is 0 Å². The second-order valence-corrected chi connectivity index (χ2v) is 8.86. The zero-order valence-electron chi connectivity index (χ0n) is 17.0. The maximum absolute atomic E-state index is 12.8. The van der Waals surface area contributed by atoms with Crippen LogP contribution in [0.5, 0.6) is 0 Å². The third kappa shape index (κ3) is 6.00. The van der Waals surface area contributed by atoms with Crippen LogP contribution in [-0.2, 0) is 11.3 Å². The summed E-state index contributed by atoms with van der Waals surface area (Å²) in [4.78, 5) is 24.8. The van der Waals surface area contributed by atoms with Gasteiger partial charge in [0.15, 0.2) is 5.76 Å². The molecule has 1 aliphatic carbocycles. The van der Waals surface area contributed by atoms with Crippen molar-refractivity contribution in [3.05, 3.63) is 41.1 Å². The van der Waals surface area contributed by atoms with Gasteiger partial charge in [-0.15, -0.1) is 0 Å². The van der Waals surface area contributed by atoms with E-state index in [2.05, 4.69) is 15.7 Å². The molecule has 1 fully saturated rings. The first-order valence-electron chi connectivity index (χ1n) is 9.70. The molecule has 2 heterocycles. The number of alkyl carbamates (subject to hydrolysis) is 1. The first kappa shape index (κ1) is 21.2. The largest absolute Gasteiger partial charge is 0.454 e. The summed E-state index contributed by atoms with van der Waals surface area (Å²) in [6.07, 6.45) is 6.27. The van der Waals surface area contributed by atoms with Crippen molar-refractivity contribution < 1.29 is 18.7 Å². The number of carbonyl (C=O) groups is 2. The van der Waals surface area contributed by atoms with Crippen molar-refractivity contribution >= 4 is 23.6 Å². The second kappa shape index (κ2) is 8.49. The molecule has 2 aromatic heterocycles. The summed E-state index contributed by atoms with van der Waals surface area (Å²) < 4.78 is 12.6. The van der Waals surface area contributed by atoms with Gasteiger partial charge in [-0.25, -0.2) is 4.79 Å². The molecule has 8 nitrogen and oxygen atoms in total. The minimum atomic E-state index is -0.570. The summed E-state index contributed by atoms with van der Waals surface area (Å²) in [7, 11) is 0. The fraction of sp³-hybridized carbons (Fsp3) is 0.550. The quantitative estimate of drug-likeness (QED) is 0.738. The van der Waals surface area contributed by atoms with Gasteiger partial charge >= 0.3 is 6.09 Å². The Kier molecular flexibility index (Phi) is 6.21. The molecule has 0 unspecified atom stereocenters. The molecule has 158 valence electrons. The van der Waals surface area contributed by atoms with E-state index in [0.29, 0.717) is 23.9 Å². The van der Waals surface area contributed by atoms with E-state index in [1.165, 1.54) is 0 Å². The van der Waals surface area contributed by atoms with Crippen LogP contribution in [0.15, 0.2) is 28.9 Å². The van der Waals surface area contributed by atoms with Crippen molar-refractivity contribution in [3.63, 3.8) is 0 Å². The zero-order chi connectivity index (χ0) is 21.1. The lowest BCUT2D eigenvalue weighted by atomic mass is 9.97. The molecule has 0 saturated heterocycles. The number of nitrogens with zero attached hydrogens (tertiary/aromatic N) is 2. The van der Waals surface area contributed by atoms with Crippen molar-refractivity contribution in [1.82, 2.24) is 20.4 Å². The van der Waals surface area contributed by atoms with Gasteiger partial charge in [0.25, 0.3) is 5.91 Å². The Balaban J connectivity index is 1.60. The molecule has 0 aromatic carbocycles. The van der Waals surface area contributed by atoms with Gasteiger partial charge in [0, 0.05) is 12.7 Å². The summed E-state index contributed by atoms with van der Waals surface area (Å²) >= 11 is 5.86. The molecule has 0 radical (unpaired) electrons. The van der Waals surface area contributed by atoms with Crippen LogP contribution in [0.1, 0.15) is 62.8 Å². The number of ether oxygens (including phenoxy) is 1. The number of nitrogens with one attached hydrogen (secondary N) is 2. The minimum absolute atomic E-state index is 0.224. The predicted octanol–water partition coefficient (Wildman–Crippen LogP) is 3.75. The molecule has 2 N–H and O–H groups in total. The second-order valence-electron chi connectivity index (χ2n) is 8.42. The maximum Gasteiger partial charge on any atom is 0.407 e. The maximum atomic E-state index is 12.8. The fourth-order valence-electron chi connectivity index (χ4n) is 3.43. The van der Waals surface area contributed by atoms with Crippen LogP contribution in [0.25, 0.3) is 0 Å². The van der Waals surface area contributed by atoms with Gasteiger partial charge in [-0.3, -0.25) is 9.48 Å². The summed E-state index contributed by atoms with van der Waals surface area (Å²) in [6.45, 7) is 6.13. The molecule has 0 spiro atoms. The van der Waals surface area contributed by atoms with E-state index < -0.39 is 17.2 Å². The molecule has 1 aliphatic rings. The summed E-state index contributed by atoms with van der Waals surface area (Å²) in [5.74, 6) is 0.520. The van der Waals surface area contributed by atoms with Crippen LogP contribution in [-0.4, -0.2) is 39.5 Å². The number of hydrogen-bond acceptors (Lipinski definition) is 5. The first-order chi connectivity index (χ1) is 13.6. The van der Waals surface area contributed by atoms with Crippen molar-refractivity contribution in [2.24, 2.45) is 0 Å². The minimum Gasteiger partial charge on any atom is -0.454 e. The van der Waals surface area contributed by atoms with Gasteiger partial charge in [-0.2, -0.15) is 5.10 Å². The number of carbonyl (C=O) groups excluding carboxylic acids is 2. The first-order valence-corrected chi connectivity index (χ1v) is 10.1. The average Bonchev–Trinajstić information content (AvgIpc) is 3.34. The molecule has 1 saturated carbocycles. The lowest BCUT2D eigenvalue weighted by molar-refractivity contribution is 0.0504. The van der Waals surface area contributed by atoms with Gasteiger partial charge in [0.05, 0.1) is 23.3 Å². The Labute approximate surface area is 174 Å². The Morgan fingerprint density at radius 3 is 2.66 bits per heavy atom. The summed E-state index contributed by atoms with van der Waals surface area (Å²) in [5, 5.41) is 10.5. The van der Waals surface area contributed by atoms with E-state index in [4.69, 9.17) is 20.8 Å². The van der Waals surface area contributed by atoms with E-state index in [-0.39, 0.29) is 11.7 Å². The Bertz CT molecular complexity index is 862. The van der Waals surface area contributed by atoms with Crippen molar-refractivity contribution in [3.8, 4) is 0 Å². The lowest BCUT2D eigenvalue weighted by Crippen LogP contribution is -2.54. The monoisotopic (exact) mass is 422 g/mol. The van der Waals surface area contributed by atoms with Crippen LogP contribution in [0, 0.1) is 0 Å². The highest BCUT2D eigenvalue weighted by Crippen LogP contribution is 2.30. The normalized spacial score (nSPS) is 15.9. The molecule has 3 rings (SSSR count). The Hall–Kier alpha value is -2.48. The van der Waals surface area contributed by atoms with Gasteiger partial charge in [0.1, 0.15) is 11.4 Å². The highest BCUT2D eigenvalue weighted by Gasteiger charge is 2.37. The van der Waals surface area contributed by atoms with E-state index in [1.807, 2.05) is 20.8 Å². The molecule has 0 bridgehead atoms. The Morgan fingerprint density at radius 2 is 2.03 bits per heavy atom. The number of aromatic nitrogens is 2. The number of amides is 2.